The van der Waals surface area contributed by atoms with Crippen LogP contribution >= 0.6 is 11.3 Å². The molecule has 1 saturated heterocycles. The first-order valence-electron chi connectivity index (χ1n) is 10.6. The van der Waals surface area contributed by atoms with Crippen molar-refractivity contribution in [2.45, 2.75) is 44.4 Å². The molecule has 1 aliphatic heterocycles. The summed E-state index contributed by atoms with van der Waals surface area (Å²) in [5, 5.41) is 3.79. The molecule has 2 aromatic carbocycles. The van der Waals surface area contributed by atoms with Gasteiger partial charge in [-0.2, -0.15) is 4.31 Å². The van der Waals surface area contributed by atoms with Crippen LogP contribution in [0.5, 0.6) is 0 Å². The molecule has 0 atom stereocenters. The number of rotatable bonds is 6. The normalized spacial score (nSPS) is 15.7. The highest BCUT2D eigenvalue weighted by molar-refractivity contribution is 7.89. The summed E-state index contributed by atoms with van der Waals surface area (Å²) in [4.78, 5) is 17.6. The standard InChI is InChI=1S/C23H27N3O3S2/c1-16-12-17(2)22-21(13-16)30-23(25-22)24-15-20(27)18-8-7-9-19(14-18)31(28,29)26-10-5-3-4-6-11-26/h7-9,12-14H,3-6,10-11,15H2,1-2H3,(H,24,25). The minimum Gasteiger partial charge on any atom is -0.354 e. The number of aryl methyl sites for hydroxylation is 2. The van der Waals surface area contributed by atoms with E-state index in [1.807, 2.05) is 6.92 Å². The summed E-state index contributed by atoms with van der Waals surface area (Å²) in [5.41, 5.74) is 3.61. The Balaban J connectivity index is 1.49. The van der Waals surface area contributed by atoms with Gasteiger partial charge in [0.2, 0.25) is 10.0 Å². The van der Waals surface area contributed by atoms with Gasteiger partial charge in [0.25, 0.3) is 0 Å². The average Bonchev–Trinajstić information content (AvgIpc) is 2.96. The summed E-state index contributed by atoms with van der Waals surface area (Å²) in [6.45, 7) is 5.22. The molecule has 164 valence electrons. The number of carbonyl (C=O) groups is 1. The van der Waals surface area contributed by atoms with Gasteiger partial charge in [-0.15, -0.1) is 0 Å². The molecule has 0 saturated carbocycles. The molecule has 31 heavy (non-hydrogen) atoms. The van der Waals surface area contributed by atoms with E-state index in [2.05, 4.69) is 29.4 Å². The topological polar surface area (TPSA) is 79.4 Å². The third-order valence-corrected chi connectivity index (χ3v) is 8.44. The number of sulfonamides is 1. The summed E-state index contributed by atoms with van der Waals surface area (Å²) < 4.78 is 28.7. The predicted molar refractivity (Wildman–Crippen MR) is 126 cm³/mol. The van der Waals surface area contributed by atoms with Gasteiger partial charge < -0.3 is 5.32 Å². The number of anilines is 1. The molecule has 0 aliphatic carbocycles. The second kappa shape index (κ2) is 9.06. The number of Topliss-reactive ketones (excluding diaryl/α,β-unsaturated/α-hetero) is 1. The van der Waals surface area contributed by atoms with Gasteiger partial charge in [-0.25, -0.2) is 13.4 Å². The number of hydrogen-bond acceptors (Lipinski definition) is 6. The number of benzene rings is 2. The average molecular weight is 458 g/mol. The molecule has 1 aromatic heterocycles. The van der Waals surface area contributed by atoms with E-state index < -0.39 is 10.0 Å². The van der Waals surface area contributed by atoms with Crippen molar-refractivity contribution in [3.8, 4) is 0 Å². The zero-order valence-corrected chi connectivity index (χ0v) is 19.5. The third kappa shape index (κ3) is 4.81. The van der Waals surface area contributed by atoms with Gasteiger partial charge in [-0.3, -0.25) is 4.79 Å². The number of ketones is 1. The number of aromatic nitrogens is 1. The first-order valence-corrected chi connectivity index (χ1v) is 12.9. The Bertz CT molecular complexity index is 1210. The molecule has 2 heterocycles. The summed E-state index contributed by atoms with van der Waals surface area (Å²) >= 11 is 1.51. The van der Waals surface area contributed by atoms with E-state index >= 15 is 0 Å². The molecule has 0 radical (unpaired) electrons. The van der Waals surface area contributed by atoms with Crippen LogP contribution in [0.3, 0.4) is 0 Å². The molecular formula is C23H27N3O3S2. The van der Waals surface area contributed by atoms with Crippen molar-refractivity contribution >= 4 is 42.5 Å². The van der Waals surface area contributed by atoms with Crippen LogP contribution in [0.15, 0.2) is 41.3 Å². The maximum atomic E-state index is 13.0. The minimum absolute atomic E-state index is 0.0606. The zero-order valence-electron chi connectivity index (χ0n) is 17.8. The summed E-state index contributed by atoms with van der Waals surface area (Å²) in [6.07, 6.45) is 3.87. The van der Waals surface area contributed by atoms with E-state index in [4.69, 9.17) is 0 Å². The maximum absolute atomic E-state index is 13.0. The lowest BCUT2D eigenvalue weighted by Crippen LogP contribution is -2.32. The molecular weight excluding hydrogens is 430 g/mol. The van der Waals surface area contributed by atoms with E-state index in [1.165, 1.54) is 23.0 Å². The summed E-state index contributed by atoms with van der Waals surface area (Å²) in [7, 11) is -3.58. The third-order valence-electron chi connectivity index (χ3n) is 5.59. The van der Waals surface area contributed by atoms with Crippen molar-refractivity contribution < 1.29 is 13.2 Å². The Morgan fingerprint density at radius 1 is 1.10 bits per heavy atom. The zero-order chi connectivity index (χ0) is 22.0. The first-order chi connectivity index (χ1) is 14.8. The van der Waals surface area contributed by atoms with Crippen LogP contribution in [0.1, 0.15) is 47.2 Å². The number of thiazole rings is 1. The Labute approximate surface area is 187 Å². The van der Waals surface area contributed by atoms with Crippen LogP contribution in [0.2, 0.25) is 0 Å². The number of hydrogen-bond donors (Lipinski definition) is 1. The van der Waals surface area contributed by atoms with Crippen molar-refractivity contribution in [1.82, 2.24) is 9.29 Å². The van der Waals surface area contributed by atoms with Crippen LogP contribution in [-0.4, -0.2) is 43.1 Å². The van der Waals surface area contributed by atoms with Gasteiger partial charge in [0.05, 0.1) is 21.7 Å². The van der Waals surface area contributed by atoms with E-state index in [-0.39, 0.29) is 17.2 Å². The van der Waals surface area contributed by atoms with E-state index in [1.54, 1.807) is 22.5 Å². The van der Waals surface area contributed by atoms with E-state index in [0.717, 1.165) is 41.5 Å². The van der Waals surface area contributed by atoms with Crippen LogP contribution < -0.4 is 5.32 Å². The maximum Gasteiger partial charge on any atom is 0.243 e. The van der Waals surface area contributed by atoms with Gasteiger partial charge in [-0.1, -0.05) is 42.4 Å². The van der Waals surface area contributed by atoms with E-state index in [0.29, 0.717) is 23.8 Å². The predicted octanol–water partition coefficient (Wildman–Crippen LogP) is 4.77. The fourth-order valence-corrected chi connectivity index (χ4v) is 6.57. The van der Waals surface area contributed by atoms with Crippen LogP contribution in [0.25, 0.3) is 10.2 Å². The molecule has 0 amide bonds. The fourth-order valence-electron chi connectivity index (χ4n) is 3.97. The van der Waals surface area contributed by atoms with Crippen molar-refractivity contribution in [3.05, 3.63) is 53.1 Å². The van der Waals surface area contributed by atoms with Gasteiger partial charge in [0, 0.05) is 18.7 Å². The largest absolute Gasteiger partial charge is 0.354 e. The number of carbonyl (C=O) groups excluding carboxylic acids is 1. The molecule has 0 bridgehead atoms. The van der Waals surface area contributed by atoms with Gasteiger partial charge in [-0.05, 0) is 56.0 Å². The smallest absolute Gasteiger partial charge is 0.243 e. The van der Waals surface area contributed by atoms with Crippen molar-refractivity contribution in [2.75, 3.05) is 25.0 Å². The molecule has 1 N–H and O–H groups in total. The number of nitrogens with one attached hydrogen (secondary N) is 1. The quantitative estimate of drug-likeness (QED) is 0.539. The SMILES string of the molecule is Cc1cc(C)c2nc(NCC(=O)c3cccc(S(=O)(=O)N4CCCCCC4)c3)sc2c1. The lowest BCUT2D eigenvalue weighted by molar-refractivity contribution is 0.101. The second-order valence-electron chi connectivity index (χ2n) is 8.07. The summed E-state index contributed by atoms with van der Waals surface area (Å²) in [5.74, 6) is -0.167. The molecule has 4 rings (SSSR count). The highest BCUT2D eigenvalue weighted by Gasteiger charge is 2.25. The molecule has 6 nitrogen and oxygen atoms in total. The van der Waals surface area contributed by atoms with Gasteiger partial charge >= 0.3 is 0 Å². The van der Waals surface area contributed by atoms with Gasteiger partial charge in [0.15, 0.2) is 10.9 Å². The van der Waals surface area contributed by atoms with Crippen LogP contribution in [-0.2, 0) is 10.0 Å². The molecule has 0 unspecified atom stereocenters. The van der Waals surface area contributed by atoms with E-state index in [9.17, 15) is 13.2 Å². The second-order valence-corrected chi connectivity index (χ2v) is 11.0. The molecule has 1 fully saturated rings. The lowest BCUT2D eigenvalue weighted by Gasteiger charge is -2.20. The Morgan fingerprint density at radius 3 is 2.58 bits per heavy atom. The van der Waals surface area contributed by atoms with Crippen molar-refractivity contribution in [3.63, 3.8) is 0 Å². The molecule has 3 aromatic rings. The molecule has 1 aliphatic rings. The van der Waals surface area contributed by atoms with Crippen LogP contribution in [0.4, 0.5) is 5.13 Å². The Hall–Kier alpha value is -2.29. The van der Waals surface area contributed by atoms with Gasteiger partial charge in [0.1, 0.15) is 0 Å². The number of nitrogens with zero attached hydrogens (tertiary/aromatic N) is 2. The Morgan fingerprint density at radius 2 is 1.84 bits per heavy atom. The fraction of sp³-hybridized carbons (Fsp3) is 0.391. The first kappa shape index (κ1) is 21.9. The monoisotopic (exact) mass is 457 g/mol. The van der Waals surface area contributed by atoms with Crippen LogP contribution in [0, 0.1) is 13.8 Å². The van der Waals surface area contributed by atoms with Crippen molar-refractivity contribution in [2.24, 2.45) is 0 Å². The highest BCUT2D eigenvalue weighted by atomic mass is 32.2. The minimum atomic E-state index is -3.58. The highest BCUT2D eigenvalue weighted by Crippen LogP contribution is 2.29. The summed E-state index contributed by atoms with van der Waals surface area (Å²) in [6, 6.07) is 10.6. The molecule has 0 spiro atoms. The van der Waals surface area contributed by atoms with Crippen molar-refractivity contribution in [1.29, 1.82) is 0 Å². The lowest BCUT2D eigenvalue weighted by atomic mass is 10.1. The molecule has 8 heteroatoms. The number of fused-ring (bicyclic) bond motifs is 1. The Kier molecular flexibility index (Phi) is 6.41.